The summed E-state index contributed by atoms with van der Waals surface area (Å²) < 4.78 is 5.63. The minimum atomic E-state index is -0.472. The summed E-state index contributed by atoms with van der Waals surface area (Å²) in [6.45, 7) is 6.73. The van der Waals surface area contributed by atoms with Crippen LogP contribution in [-0.4, -0.2) is 18.3 Å². The number of carbonyl (C=O) groups is 2. The topological polar surface area (TPSA) is 46.6 Å². The minimum Gasteiger partial charge on any atom is -0.494 e. The fourth-order valence-electron chi connectivity index (χ4n) is 2.92. The molecule has 1 heterocycles. The van der Waals surface area contributed by atoms with Gasteiger partial charge in [0, 0.05) is 5.56 Å². The second kappa shape index (κ2) is 5.88. The summed E-state index contributed by atoms with van der Waals surface area (Å²) >= 11 is 0. The molecule has 23 heavy (non-hydrogen) atoms. The van der Waals surface area contributed by atoms with Gasteiger partial charge in [0.1, 0.15) is 5.75 Å². The van der Waals surface area contributed by atoms with Gasteiger partial charge in [0.25, 0.3) is 11.7 Å². The van der Waals surface area contributed by atoms with Gasteiger partial charge >= 0.3 is 0 Å². The van der Waals surface area contributed by atoms with Gasteiger partial charge in [0.2, 0.25) is 0 Å². The number of fused-ring (bicyclic) bond motifs is 1. The molecule has 4 heteroatoms. The first-order valence-corrected chi connectivity index (χ1v) is 7.71. The highest BCUT2D eigenvalue weighted by Crippen LogP contribution is 2.36. The van der Waals surface area contributed by atoms with Crippen LogP contribution in [0.1, 0.15) is 34.0 Å². The SMILES string of the molecule is CCOc1ccccc1CN1C(=O)C(=O)c2ccc(C)c(C)c21. The molecule has 118 valence electrons. The number of ether oxygens (including phenoxy) is 1. The number of hydrogen-bond donors (Lipinski definition) is 0. The van der Waals surface area contributed by atoms with Crippen LogP contribution in [0.15, 0.2) is 36.4 Å². The van der Waals surface area contributed by atoms with Crippen LogP contribution < -0.4 is 9.64 Å². The van der Waals surface area contributed by atoms with E-state index in [0.717, 1.165) is 28.1 Å². The third-order valence-corrected chi connectivity index (χ3v) is 4.26. The van der Waals surface area contributed by atoms with E-state index < -0.39 is 11.7 Å². The lowest BCUT2D eigenvalue weighted by atomic mass is 10.0. The first-order valence-electron chi connectivity index (χ1n) is 7.71. The molecule has 4 nitrogen and oxygen atoms in total. The normalized spacial score (nSPS) is 13.4. The Kier molecular flexibility index (Phi) is 3.90. The summed E-state index contributed by atoms with van der Waals surface area (Å²) in [5.74, 6) is -0.161. The molecule has 2 aromatic carbocycles. The summed E-state index contributed by atoms with van der Waals surface area (Å²) in [6.07, 6.45) is 0. The number of hydrogen-bond acceptors (Lipinski definition) is 3. The monoisotopic (exact) mass is 309 g/mol. The second-order valence-corrected chi connectivity index (χ2v) is 5.66. The van der Waals surface area contributed by atoms with Crippen LogP contribution in [0.3, 0.4) is 0 Å². The van der Waals surface area contributed by atoms with Gasteiger partial charge in [-0.2, -0.15) is 0 Å². The lowest BCUT2D eigenvalue weighted by molar-refractivity contribution is -0.114. The van der Waals surface area contributed by atoms with Crippen LogP contribution in [0.25, 0.3) is 0 Å². The van der Waals surface area contributed by atoms with Gasteiger partial charge in [-0.05, 0) is 44.0 Å². The first-order chi connectivity index (χ1) is 11.0. The fraction of sp³-hybridized carbons (Fsp3) is 0.263. The predicted molar refractivity (Wildman–Crippen MR) is 89.0 cm³/mol. The van der Waals surface area contributed by atoms with Crippen LogP contribution in [0.5, 0.6) is 5.75 Å². The molecule has 0 saturated heterocycles. The van der Waals surface area contributed by atoms with E-state index in [4.69, 9.17) is 4.74 Å². The molecular weight excluding hydrogens is 290 g/mol. The summed E-state index contributed by atoms with van der Waals surface area (Å²) in [6, 6.07) is 11.2. The third kappa shape index (κ3) is 2.50. The van der Waals surface area contributed by atoms with E-state index in [2.05, 4.69) is 0 Å². The molecule has 0 radical (unpaired) electrons. The number of aryl methyl sites for hydroxylation is 1. The zero-order valence-corrected chi connectivity index (χ0v) is 13.6. The molecule has 0 unspecified atom stereocenters. The second-order valence-electron chi connectivity index (χ2n) is 5.66. The molecule has 0 N–H and O–H groups in total. The largest absolute Gasteiger partial charge is 0.494 e. The number of anilines is 1. The van der Waals surface area contributed by atoms with E-state index in [9.17, 15) is 9.59 Å². The van der Waals surface area contributed by atoms with Crippen molar-refractivity contribution < 1.29 is 14.3 Å². The highest BCUT2D eigenvalue weighted by atomic mass is 16.5. The van der Waals surface area contributed by atoms with E-state index in [0.29, 0.717) is 18.7 Å². The number of ketones is 1. The van der Waals surface area contributed by atoms with Crippen molar-refractivity contribution in [2.24, 2.45) is 0 Å². The lowest BCUT2D eigenvalue weighted by Gasteiger charge is -2.21. The molecule has 0 bridgehead atoms. The molecule has 0 aromatic heterocycles. The Morgan fingerprint density at radius 3 is 2.52 bits per heavy atom. The highest BCUT2D eigenvalue weighted by Gasteiger charge is 2.37. The maximum atomic E-state index is 12.4. The predicted octanol–water partition coefficient (Wildman–Crippen LogP) is 3.43. The smallest absolute Gasteiger partial charge is 0.299 e. The van der Waals surface area contributed by atoms with Crippen molar-refractivity contribution in [3.05, 3.63) is 58.7 Å². The quantitative estimate of drug-likeness (QED) is 0.813. The zero-order valence-electron chi connectivity index (χ0n) is 13.6. The van der Waals surface area contributed by atoms with Crippen LogP contribution in [0.2, 0.25) is 0 Å². The minimum absolute atomic E-state index is 0.331. The average molecular weight is 309 g/mol. The van der Waals surface area contributed by atoms with Gasteiger partial charge in [-0.1, -0.05) is 24.3 Å². The van der Waals surface area contributed by atoms with Gasteiger partial charge in [-0.25, -0.2) is 0 Å². The Morgan fingerprint density at radius 2 is 1.78 bits per heavy atom. The maximum absolute atomic E-state index is 12.4. The lowest BCUT2D eigenvalue weighted by Crippen LogP contribution is -2.29. The molecular formula is C19H19NO3. The van der Waals surface area contributed by atoms with Crippen LogP contribution >= 0.6 is 0 Å². The number of carbonyl (C=O) groups excluding carboxylic acids is 2. The Labute approximate surface area is 135 Å². The summed E-state index contributed by atoms with van der Waals surface area (Å²) in [7, 11) is 0. The number of nitrogens with zero attached hydrogens (tertiary/aromatic N) is 1. The standard InChI is InChI=1S/C19H19NO3/c1-4-23-16-8-6-5-7-14(16)11-20-17-13(3)12(2)9-10-15(17)18(21)19(20)22/h5-10H,4,11H2,1-3H3. The number of rotatable bonds is 4. The van der Waals surface area contributed by atoms with E-state index >= 15 is 0 Å². The third-order valence-electron chi connectivity index (χ3n) is 4.26. The molecule has 0 atom stereocenters. The molecule has 1 amide bonds. The molecule has 0 saturated carbocycles. The average Bonchev–Trinajstić information content (AvgIpc) is 2.78. The maximum Gasteiger partial charge on any atom is 0.299 e. The van der Waals surface area contributed by atoms with Gasteiger partial charge in [-0.15, -0.1) is 0 Å². The van der Waals surface area contributed by atoms with Gasteiger partial charge in [0.15, 0.2) is 0 Å². The van der Waals surface area contributed by atoms with Gasteiger partial charge < -0.3 is 4.74 Å². The molecule has 0 spiro atoms. The van der Waals surface area contributed by atoms with E-state index in [1.165, 1.54) is 0 Å². The zero-order chi connectivity index (χ0) is 16.6. The molecule has 1 aliphatic heterocycles. The van der Waals surface area contributed by atoms with Crippen molar-refractivity contribution in [2.75, 3.05) is 11.5 Å². The van der Waals surface area contributed by atoms with E-state index in [1.54, 1.807) is 11.0 Å². The molecule has 1 aliphatic rings. The Bertz CT molecular complexity index is 795. The molecule has 0 aliphatic carbocycles. The first kappa shape index (κ1) is 15.3. The number of Topliss-reactive ketones (excluding diaryl/α,β-unsaturated/α-hetero) is 1. The van der Waals surface area contributed by atoms with Crippen LogP contribution in [0.4, 0.5) is 5.69 Å². The van der Waals surface area contributed by atoms with Crippen molar-refractivity contribution in [3.8, 4) is 5.75 Å². The van der Waals surface area contributed by atoms with Crippen molar-refractivity contribution in [1.82, 2.24) is 0 Å². The van der Waals surface area contributed by atoms with Crippen molar-refractivity contribution >= 4 is 17.4 Å². The molecule has 2 aromatic rings. The van der Waals surface area contributed by atoms with Crippen molar-refractivity contribution in [2.45, 2.75) is 27.3 Å². The number of benzene rings is 2. The number of para-hydroxylation sites is 1. The Balaban J connectivity index is 2.04. The van der Waals surface area contributed by atoms with Gasteiger partial charge in [0.05, 0.1) is 24.4 Å². The van der Waals surface area contributed by atoms with Crippen molar-refractivity contribution in [1.29, 1.82) is 0 Å². The highest BCUT2D eigenvalue weighted by molar-refractivity contribution is 6.52. The summed E-state index contributed by atoms with van der Waals surface area (Å²) in [4.78, 5) is 26.3. The van der Waals surface area contributed by atoms with Crippen molar-refractivity contribution in [3.63, 3.8) is 0 Å². The summed E-state index contributed by atoms with van der Waals surface area (Å²) in [5.41, 5.74) is 4.15. The van der Waals surface area contributed by atoms with Crippen LogP contribution in [-0.2, 0) is 11.3 Å². The van der Waals surface area contributed by atoms with Gasteiger partial charge in [-0.3, -0.25) is 14.5 Å². The van der Waals surface area contributed by atoms with E-state index in [1.807, 2.05) is 51.1 Å². The Hall–Kier alpha value is -2.62. The van der Waals surface area contributed by atoms with Crippen LogP contribution in [0, 0.1) is 13.8 Å². The fourth-order valence-corrected chi connectivity index (χ4v) is 2.92. The molecule has 0 fully saturated rings. The summed E-state index contributed by atoms with van der Waals surface area (Å²) in [5, 5.41) is 0. The van der Waals surface area contributed by atoms with E-state index in [-0.39, 0.29) is 0 Å². The number of amides is 1. The Morgan fingerprint density at radius 1 is 1.04 bits per heavy atom. The molecule has 3 rings (SSSR count).